The minimum absolute atomic E-state index is 0.0149. The summed E-state index contributed by atoms with van der Waals surface area (Å²) in [6.45, 7) is -0.689. The Bertz CT molecular complexity index is 1070. The van der Waals surface area contributed by atoms with E-state index in [0.717, 1.165) is 31.4 Å². The molecule has 0 aliphatic heterocycles. The van der Waals surface area contributed by atoms with Crippen molar-refractivity contribution in [2.24, 2.45) is 23.7 Å². The number of amides is 1. The number of anilines is 1. The number of carbonyl (C=O) groups excluding carboxylic acids is 3. The molecule has 9 heteroatoms. The van der Waals surface area contributed by atoms with Gasteiger partial charge in [-0.25, -0.2) is 0 Å². The van der Waals surface area contributed by atoms with Crippen molar-refractivity contribution in [2.45, 2.75) is 25.4 Å². The maximum absolute atomic E-state index is 13.1. The minimum Gasteiger partial charge on any atom is -0.455 e. The van der Waals surface area contributed by atoms with Crippen LogP contribution in [0.3, 0.4) is 0 Å². The van der Waals surface area contributed by atoms with Crippen molar-refractivity contribution in [1.82, 2.24) is 0 Å². The molecule has 2 saturated carbocycles. The third-order valence-corrected chi connectivity index (χ3v) is 6.79. The number of rotatable bonds is 6. The van der Waals surface area contributed by atoms with Gasteiger partial charge in [0.1, 0.15) is 0 Å². The van der Waals surface area contributed by atoms with E-state index in [4.69, 9.17) is 16.3 Å². The molecule has 2 aliphatic carbocycles. The predicted octanol–water partition coefficient (Wildman–Crippen LogP) is 5.39. The molecule has 0 unspecified atom stereocenters. The molecule has 0 heterocycles. The Hall–Kier alpha value is -2.87. The Morgan fingerprint density at radius 3 is 2.33 bits per heavy atom. The van der Waals surface area contributed by atoms with Gasteiger partial charge in [-0.1, -0.05) is 41.9 Å². The third kappa shape index (κ3) is 4.90. The maximum Gasteiger partial charge on any atom is 0.416 e. The monoisotopic (exact) mass is 479 g/mol. The first kappa shape index (κ1) is 23.3. The van der Waals surface area contributed by atoms with Gasteiger partial charge in [0.15, 0.2) is 12.4 Å². The van der Waals surface area contributed by atoms with Crippen molar-refractivity contribution in [3.05, 3.63) is 64.7 Å². The van der Waals surface area contributed by atoms with Crippen LogP contribution >= 0.6 is 11.6 Å². The van der Waals surface area contributed by atoms with Crippen LogP contribution in [0.15, 0.2) is 48.5 Å². The van der Waals surface area contributed by atoms with Crippen molar-refractivity contribution >= 4 is 34.9 Å². The third-order valence-electron chi connectivity index (χ3n) is 6.46. The number of esters is 1. The van der Waals surface area contributed by atoms with Gasteiger partial charge < -0.3 is 10.1 Å². The summed E-state index contributed by atoms with van der Waals surface area (Å²) < 4.78 is 43.9. The van der Waals surface area contributed by atoms with E-state index < -0.39 is 42.1 Å². The first-order valence-corrected chi connectivity index (χ1v) is 11.0. The highest BCUT2D eigenvalue weighted by atomic mass is 35.5. The molecule has 2 aliphatic rings. The van der Waals surface area contributed by atoms with E-state index in [1.165, 1.54) is 0 Å². The Balaban J connectivity index is 1.41. The van der Waals surface area contributed by atoms with E-state index in [1.807, 2.05) is 0 Å². The van der Waals surface area contributed by atoms with Gasteiger partial charge in [-0.3, -0.25) is 14.4 Å². The van der Waals surface area contributed by atoms with Crippen molar-refractivity contribution < 1.29 is 32.3 Å². The molecular weight excluding hydrogens is 459 g/mol. The molecule has 0 spiro atoms. The van der Waals surface area contributed by atoms with E-state index in [-0.39, 0.29) is 28.3 Å². The lowest BCUT2D eigenvalue weighted by Gasteiger charge is -2.28. The quantitative estimate of drug-likeness (QED) is 0.445. The van der Waals surface area contributed by atoms with Crippen molar-refractivity contribution in [2.75, 3.05) is 11.9 Å². The lowest BCUT2D eigenvalue weighted by molar-refractivity contribution is -0.154. The second-order valence-electron chi connectivity index (χ2n) is 8.46. The van der Waals surface area contributed by atoms with E-state index in [1.54, 1.807) is 30.3 Å². The molecule has 33 heavy (non-hydrogen) atoms. The predicted molar refractivity (Wildman–Crippen MR) is 115 cm³/mol. The Morgan fingerprint density at radius 2 is 1.67 bits per heavy atom. The normalized spacial score (nSPS) is 23.9. The Morgan fingerprint density at radius 1 is 1.00 bits per heavy atom. The van der Waals surface area contributed by atoms with Crippen LogP contribution in [0, 0.1) is 23.7 Å². The average Bonchev–Trinajstić information content (AvgIpc) is 3.40. The van der Waals surface area contributed by atoms with Gasteiger partial charge in [0.25, 0.3) is 5.91 Å². The fourth-order valence-electron chi connectivity index (χ4n) is 5.02. The van der Waals surface area contributed by atoms with Gasteiger partial charge in [-0.05, 0) is 49.3 Å². The summed E-state index contributed by atoms with van der Waals surface area (Å²) in [5.74, 6) is -2.59. The van der Waals surface area contributed by atoms with E-state index in [2.05, 4.69) is 5.32 Å². The van der Waals surface area contributed by atoms with Crippen molar-refractivity contribution in [3.8, 4) is 0 Å². The summed E-state index contributed by atoms with van der Waals surface area (Å²) in [6.07, 6.45) is -2.16. The summed E-state index contributed by atoms with van der Waals surface area (Å²) in [5.41, 5.74) is -0.669. The van der Waals surface area contributed by atoms with Crippen LogP contribution in [0.1, 0.15) is 35.2 Å². The minimum atomic E-state index is -4.60. The zero-order valence-electron chi connectivity index (χ0n) is 17.4. The highest BCUT2D eigenvalue weighted by Gasteiger charge is 2.54. The number of alkyl halides is 3. The van der Waals surface area contributed by atoms with Crippen LogP contribution in [0.4, 0.5) is 18.9 Å². The fraction of sp³-hybridized carbons (Fsp3) is 0.375. The van der Waals surface area contributed by atoms with Gasteiger partial charge in [0.05, 0.1) is 22.2 Å². The molecule has 2 fully saturated rings. The number of Topliss-reactive ketones (excluding diaryl/α,β-unsaturated/α-hetero) is 1. The van der Waals surface area contributed by atoms with Gasteiger partial charge in [0.2, 0.25) is 0 Å². The standard InChI is InChI=1S/C24H21ClF3NO4/c25-17-9-8-16(24(26,27)28)11-18(17)29-19(30)12-33-23(32)21-15-7-6-14(10-15)20(21)22(31)13-4-2-1-3-5-13/h1-5,8-9,11,14-15,20-21H,6-7,10,12H2,(H,29,30)/t14-,15-,20+,21-/m0/s1. The Labute approximate surface area is 193 Å². The van der Waals surface area contributed by atoms with Gasteiger partial charge >= 0.3 is 12.1 Å². The number of ketones is 1. The Kier molecular flexibility index (Phi) is 6.47. The summed E-state index contributed by atoms with van der Waals surface area (Å²) in [7, 11) is 0. The second-order valence-corrected chi connectivity index (χ2v) is 8.87. The fourth-order valence-corrected chi connectivity index (χ4v) is 5.18. The number of fused-ring (bicyclic) bond motifs is 2. The number of halogens is 4. The molecule has 174 valence electrons. The molecule has 2 bridgehead atoms. The largest absolute Gasteiger partial charge is 0.455 e. The molecule has 2 aromatic rings. The SMILES string of the molecule is O=C(COC(=O)[C@H]1[C@H]2CC[C@@H](C2)[C@H]1C(=O)c1ccccc1)Nc1cc(C(F)(F)F)ccc1Cl. The number of nitrogens with one attached hydrogen (secondary N) is 1. The maximum atomic E-state index is 13.1. The summed E-state index contributed by atoms with van der Waals surface area (Å²) >= 11 is 5.88. The number of hydrogen-bond acceptors (Lipinski definition) is 4. The first-order valence-electron chi connectivity index (χ1n) is 10.6. The number of ether oxygens (including phenoxy) is 1. The molecule has 4 rings (SSSR count). The molecule has 0 saturated heterocycles. The zero-order chi connectivity index (χ0) is 23.8. The summed E-state index contributed by atoms with van der Waals surface area (Å²) in [4.78, 5) is 38.2. The van der Waals surface area contributed by atoms with E-state index in [0.29, 0.717) is 11.6 Å². The lowest BCUT2D eigenvalue weighted by atomic mass is 9.75. The summed E-state index contributed by atoms with van der Waals surface area (Å²) in [5, 5.41) is 2.17. The molecule has 2 aromatic carbocycles. The van der Waals surface area contributed by atoms with Crippen molar-refractivity contribution in [3.63, 3.8) is 0 Å². The van der Waals surface area contributed by atoms with Gasteiger partial charge in [0, 0.05) is 11.5 Å². The molecule has 1 amide bonds. The number of carbonyl (C=O) groups is 3. The van der Waals surface area contributed by atoms with Crippen LogP contribution in [-0.4, -0.2) is 24.3 Å². The summed E-state index contributed by atoms with van der Waals surface area (Å²) in [6, 6.07) is 11.3. The molecule has 4 atom stereocenters. The zero-order valence-corrected chi connectivity index (χ0v) is 18.2. The molecule has 0 radical (unpaired) electrons. The average molecular weight is 480 g/mol. The topological polar surface area (TPSA) is 72.5 Å². The van der Waals surface area contributed by atoms with Crippen LogP contribution in [0.2, 0.25) is 5.02 Å². The van der Waals surface area contributed by atoms with Gasteiger partial charge in [-0.15, -0.1) is 0 Å². The number of hydrogen-bond donors (Lipinski definition) is 1. The molecule has 5 nitrogen and oxygen atoms in total. The first-order chi connectivity index (χ1) is 15.6. The van der Waals surface area contributed by atoms with E-state index >= 15 is 0 Å². The van der Waals surface area contributed by atoms with Crippen molar-refractivity contribution in [1.29, 1.82) is 0 Å². The van der Waals surface area contributed by atoms with Crippen LogP contribution in [-0.2, 0) is 20.5 Å². The highest BCUT2D eigenvalue weighted by Crippen LogP contribution is 2.53. The van der Waals surface area contributed by atoms with Crippen LogP contribution in [0.5, 0.6) is 0 Å². The van der Waals surface area contributed by atoms with Crippen LogP contribution in [0.25, 0.3) is 0 Å². The second kappa shape index (κ2) is 9.17. The molecule has 0 aromatic heterocycles. The smallest absolute Gasteiger partial charge is 0.416 e. The highest BCUT2D eigenvalue weighted by molar-refractivity contribution is 6.33. The molecule has 1 N–H and O–H groups in total. The molecular formula is C24H21ClF3NO4. The van der Waals surface area contributed by atoms with Gasteiger partial charge in [-0.2, -0.15) is 13.2 Å². The number of benzene rings is 2. The van der Waals surface area contributed by atoms with Crippen LogP contribution < -0.4 is 5.32 Å². The van der Waals surface area contributed by atoms with E-state index in [9.17, 15) is 27.6 Å². The lowest BCUT2D eigenvalue weighted by Crippen LogP contribution is -2.37.